The lowest BCUT2D eigenvalue weighted by Crippen LogP contribution is -2.22. The fourth-order valence-electron chi connectivity index (χ4n) is 2.00. The van der Waals surface area contributed by atoms with Crippen LogP contribution in [0, 0.1) is 13.8 Å². The minimum atomic E-state index is -0.172. The van der Waals surface area contributed by atoms with E-state index in [2.05, 4.69) is 29.6 Å². The van der Waals surface area contributed by atoms with E-state index in [0.717, 1.165) is 12.3 Å². The van der Waals surface area contributed by atoms with Crippen molar-refractivity contribution < 1.29 is 14.3 Å². The Morgan fingerprint density at radius 1 is 1.21 bits per heavy atom. The van der Waals surface area contributed by atoms with Gasteiger partial charge < -0.3 is 14.4 Å². The molecule has 0 amide bonds. The Bertz CT molecular complexity index is 443. The molecule has 0 aliphatic heterocycles. The summed E-state index contributed by atoms with van der Waals surface area (Å²) in [6.45, 7) is 5.66. The van der Waals surface area contributed by atoms with Crippen LogP contribution in [0.5, 0.6) is 5.75 Å². The Kier molecular flexibility index (Phi) is 5.83. The van der Waals surface area contributed by atoms with Gasteiger partial charge in [0.15, 0.2) is 0 Å². The normalized spacial score (nSPS) is 10.6. The second-order valence-electron chi connectivity index (χ2n) is 4.74. The fourth-order valence-corrected chi connectivity index (χ4v) is 2.00. The highest BCUT2D eigenvalue weighted by Crippen LogP contribution is 2.24. The molecule has 0 fully saturated rings. The van der Waals surface area contributed by atoms with Crippen LogP contribution in [-0.4, -0.2) is 38.7 Å². The van der Waals surface area contributed by atoms with Crippen molar-refractivity contribution in [3.63, 3.8) is 0 Å². The molecule has 0 unspecified atom stereocenters. The van der Waals surface area contributed by atoms with Crippen molar-refractivity contribution in [2.75, 3.05) is 27.8 Å². The lowest BCUT2D eigenvalue weighted by molar-refractivity contribution is -0.140. The number of hydrogen-bond acceptors (Lipinski definition) is 4. The molecule has 4 heteroatoms. The van der Waals surface area contributed by atoms with Gasteiger partial charge in [-0.2, -0.15) is 0 Å². The number of esters is 1. The molecule has 0 bridgehead atoms. The first kappa shape index (κ1) is 15.5. The van der Waals surface area contributed by atoms with Gasteiger partial charge in [-0.3, -0.25) is 4.79 Å². The average molecular weight is 265 g/mol. The standard InChI is InChI=1S/C15H23NO3/c1-11-12(2)14(18-4)7-6-13(11)10-16(3)9-8-15(17)19-5/h6-7H,8-10H2,1-5H3. The van der Waals surface area contributed by atoms with Gasteiger partial charge in [0.05, 0.1) is 20.6 Å². The second kappa shape index (κ2) is 7.14. The molecule has 4 nitrogen and oxygen atoms in total. The largest absolute Gasteiger partial charge is 0.496 e. The second-order valence-corrected chi connectivity index (χ2v) is 4.74. The molecule has 0 aliphatic carbocycles. The third-order valence-electron chi connectivity index (χ3n) is 3.44. The smallest absolute Gasteiger partial charge is 0.306 e. The van der Waals surface area contributed by atoms with Crippen LogP contribution in [0.15, 0.2) is 12.1 Å². The van der Waals surface area contributed by atoms with Crippen molar-refractivity contribution in [3.8, 4) is 5.75 Å². The van der Waals surface area contributed by atoms with E-state index in [-0.39, 0.29) is 5.97 Å². The highest BCUT2D eigenvalue weighted by molar-refractivity contribution is 5.69. The van der Waals surface area contributed by atoms with Crippen molar-refractivity contribution >= 4 is 5.97 Å². The molecule has 0 aliphatic rings. The molecular weight excluding hydrogens is 242 g/mol. The molecule has 106 valence electrons. The van der Waals surface area contributed by atoms with Crippen molar-refractivity contribution in [2.45, 2.75) is 26.8 Å². The minimum Gasteiger partial charge on any atom is -0.496 e. The van der Waals surface area contributed by atoms with Crippen LogP contribution in [0.2, 0.25) is 0 Å². The van der Waals surface area contributed by atoms with E-state index < -0.39 is 0 Å². The van der Waals surface area contributed by atoms with Crippen molar-refractivity contribution in [1.82, 2.24) is 4.90 Å². The Morgan fingerprint density at radius 2 is 1.89 bits per heavy atom. The average Bonchev–Trinajstić information content (AvgIpc) is 2.41. The summed E-state index contributed by atoms with van der Waals surface area (Å²) in [6, 6.07) is 4.07. The number of carbonyl (C=O) groups excluding carboxylic acids is 1. The SMILES string of the molecule is COC(=O)CCN(C)Cc1ccc(OC)c(C)c1C. The predicted octanol–water partition coefficient (Wildman–Crippen LogP) is 2.31. The van der Waals surface area contributed by atoms with Gasteiger partial charge >= 0.3 is 5.97 Å². The van der Waals surface area contributed by atoms with Gasteiger partial charge in [-0.05, 0) is 43.7 Å². The number of carbonyl (C=O) groups is 1. The summed E-state index contributed by atoms with van der Waals surface area (Å²) < 4.78 is 9.95. The van der Waals surface area contributed by atoms with E-state index in [1.807, 2.05) is 13.1 Å². The van der Waals surface area contributed by atoms with Crippen LogP contribution in [0.25, 0.3) is 0 Å². The van der Waals surface area contributed by atoms with E-state index in [4.69, 9.17) is 4.74 Å². The van der Waals surface area contributed by atoms with Gasteiger partial charge in [-0.25, -0.2) is 0 Å². The number of hydrogen-bond donors (Lipinski definition) is 0. The maximum atomic E-state index is 11.1. The Morgan fingerprint density at radius 3 is 2.47 bits per heavy atom. The zero-order chi connectivity index (χ0) is 14.4. The monoisotopic (exact) mass is 265 g/mol. The Balaban J connectivity index is 2.67. The van der Waals surface area contributed by atoms with Gasteiger partial charge in [0, 0.05) is 13.1 Å². The van der Waals surface area contributed by atoms with E-state index >= 15 is 0 Å². The molecule has 1 rings (SSSR count). The molecule has 0 atom stereocenters. The molecule has 0 aromatic heterocycles. The highest BCUT2D eigenvalue weighted by atomic mass is 16.5. The van der Waals surface area contributed by atoms with Crippen LogP contribution in [-0.2, 0) is 16.1 Å². The summed E-state index contributed by atoms with van der Waals surface area (Å²) in [5.74, 6) is 0.743. The van der Waals surface area contributed by atoms with Gasteiger partial charge in [-0.1, -0.05) is 6.07 Å². The summed E-state index contributed by atoms with van der Waals surface area (Å²) >= 11 is 0. The molecule has 19 heavy (non-hydrogen) atoms. The molecule has 0 N–H and O–H groups in total. The van der Waals surface area contributed by atoms with E-state index in [1.165, 1.54) is 23.8 Å². The number of benzene rings is 1. The third kappa shape index (κ3) is 4.24. The molecule has 0 radical (unpaired) electrons. The molecule has 0 saturated heterocycles. The first-order valence-corrected chi connectivity index (χ1v) is 6.38. The molecular formula is C15H23NO3. The van der Waals surface area contributed by atoms with Gasteiger partial charge in [-0.15, -0.1) is 0 Å². The zero-order valence-electron chi connectivity index (χ0n) is 12.4. The van der Waals surface area contributed by atoms with E-state index in [1.54, 1.807) is 7.11 Å². The zero-order valence-corrected chi connectivity index (χ0v) is 12.4. The third-order valence-corrected chi connectivity index (χ3v) is 3.44. The minimum absolute atomic E-state index is 0.172. The number of nitrogens with zero attached hydrogens (tertiary/aromatic N) is 1. The maximum Gasteiger partial charge on any atom is 0.306 e. The summed E-state index contributed by atoms with van der Waals surface area (Å²) in [5, 5.41) is 0. The number of rotatable bonds is 6. The predicted molar refractivity (Wildman–Crippen MR) is 75.4 cm³/mol. The van der Waals surface area contributed by atoms with Crippen molar-refractivity contribution in [2.24, 2.45) is 0 Å². The summed E-state index contributed by atoms with van der Waals surface area (Å²) in [5.41, 5.74) is 3.66. The number of ether oxygens (including phenoxy) is 2. The number of methoxy groups -OCH3 is 2. The molecule has 1 aromatic rings. The summed E-state index contributed by atoms with van der Waals surface area (Å²) in [6.07, 6.45) is 0.418. The Hall–Kier alpha value is -1.55. The van der Waals surface area contributed by atoms with E-state index in [9.17, 15) is 4.79 Å². The molecule has 1 aromatic carbocycles. The first-order valence-electron chi connectivity index (χ1n) is 6.38. The molecule has 0 spiro atoms. The van der Waals surface area contributed by atoms with Crippen LogP contribution < -0.4 is 4.74 Å². The summed E-state index contributed by atoms with van der Waals surface area (Å²) in [7, 11) is 5.10. The van der Waals surface area contributed by atoms with Crippen molar-refractivity contribution in [3.05, 3.63) is 28.8 Å². The lowest BCUT2D eigenvalue weighted by atomic mass is 10.0. The maximum absolute atomic E-state index is 11.1. The van der Waals surface area contributed by atoms with Crippen molar-refractivity contribution in [1.29, 1.82) is 0 Å². The lowest BCUT2D eigenvalue weighted by Gasteiger charge is -2.19. The van der Waals surface area contributed by atoms with Crippen LogP contribution in [0.3, 0.4) is 0 Å². The quantitative estimate of drug-likeness (QED) is 0.740. The van der Waals surface area contributed by atoms with Gasteiger partial charge in [0.2, 0.25) is 0 Å². The fraction of sp³-hybridized carbons (Fsp3) is 0.533. The van der Waals surface area contributed by atoms with Gasteiger partial charge in [0.25, 0.3) is 0 Å². The van der Waals surface area contributed by atoms with Crippen LogP contribution in [0.1, 0.15) is 23.1 Å². The Labute approximate surface area is 115 Å². The van der Waals surface area contributed by atoms with Crippen LogP contribution in [0.4, 0.5) is 0 Å². The first-order chi connectivity index (χ1) is 8.99. The van der Waals surface area contributed by atoms with Crippen LogP contribution >= 0.6 is 0 Å². The highest BCUT2D eigenvalue weighted by Gasteiger charge is 2.10. The van der Waals surface area contributed by atoms with E-state index in [0.29, 0.717) is 13.0 Å². The van der Waals surface area contributed by atoms with Gasteiger partial charge in [0.1, 0.15) is 5.75 Å². The topological polar surface area (TPSA) is 38.8 Å². The summed E-state index contributed by atoms with van der Waals surface area (Å²) in [4.78, 5) is 13.2. The molecule has 0 heterocycles. The molecule has 0 saturated carbocycles.